The average Bonchev–Trinajstić information content (AvgIpc) is 2.91. The van der Waals surface area contributed by atoms with E-state index in [4.69, 9.17) is 10.00 Å². The molecule has 0 radical (unpaired) electrons. The molecule has 0 saturated carbocycles. The first kappa shape index (κ1) is 20.2. The molecule has 0 aliphatic heterocycles. The monoisotopic (exact) mass is 368 g/mol. The van der Waals surface area contributed by atoms with E-state index in [9.17, 15) is 9.59 Å². The highest BCUT2D eigenvalue weighted by atomic mass is 16.5. The van der Waals surface area contributed by atoms with E-state index >= 15 is 0 Å². The molecule has 2 rings (SSSR count). The Morgan fingerprint density at radius 3 is 2.56 bits per heavy atom. The number of esters is 1. The van der Waals surface area contributed by atoms with Crippen molar-refractivity contribution in [1.29, 1.82) is 5.26 Å². The molecule has 0 fully saturated rings. The summed E-state index contributed by atoms with van der Waals surface area (Å²) in [5.74, 6) is -0.780. The van der Waals surface area contributed by atoms with Gasteiger partial charge in [0.25, 0.3) is 5.91 Å². The lowest BCUT2D eigenvalue weighted by molar-refractivity contribution is -0.147. The number of benzene rings is 1. The predicted molar refractivity (Wildman–Crippen MR) is 101 cm³/mol. The van der Waals surface area contributed by atoms with Gasteiger partial charge >= 0.3 is 5.97 Å². The number of nitrogens with zero attached hydrogens (tertiary/aromatic N) is 4. The van der Waals surface area contributed by atoms with Gasteiger partial charge in [-0.05, 0) is 38.0 Å². The third-order valence-electron chi connectivity index (χ3n) is 4.41. The van der Waals surface area contributed by atoms with Gasteiger partial charge in [0.05, 0.1) is 18.2 Å². The number of hydrogen-bond donors (Lipinski definition) is 0. The van der Waals surface area contributed by atoms with Crippen LogP contribution < -0.4 is 4.90 Å². The molecule has 0 unspecified atom stereocenters. The van der Waals surface area contributed by atoms with E-state index in [0.29, 0.717) is 12.1 Å². The summed E-state index contributed by atoms with van der Waals surface area (Å²) < 4.78 is 6.94. The summed E-state index contributed by atoms with van der Waals surface area (Å²) in [7, 11) is 1.86. The third-order valence-corrected chi connectivity index (χ3v) is 4.41. The molecular weight excluding hydrogens is 344 g/mol. The quantitative estimate of drug-likeness (QED) is 0.668. The number of anilines is 1. The first-order valence-corrected chi connectivity index (χ1v) is 8.81. The zero-order valence-corrected chi connectivity index (χ0v) is 15.9. The molecule has 0 aliphatic carbocycles. The molecule has 142 valence electrons. The molecule has 1 heterocycles. The molecule has 0 saturated heterocycles. The van der Waals surface area contributed by atoms with Gasteiger partial charge in [-0.25, -0.2) is 0 Å². The minimum absolute atomic E-state index is 0.185. The summed E-state index contributed by atoms with van der Waals surface area (Å²) in [6.07, 6.45) is 0.910. The van der Waals surface area contributed by atoms with Crippen molar-refractivity contribution in [3.8, 4) is 6.07 Å². The Hall–Kier alpha value is -3.14. The van der Waals surface area contributed by atoms with Gasteiger partial charge in [-0.2, -0.15) is 10.4 Å². The van der Waals surface area contributed by atoms with Crippen LogP contribution in [0.2, 0.25) is 0 Å². The zero-order valence-electron chi connectivity index (χ0n) is 15.9. The lowest BCUT2D eigenvalue weighted by atomic mass is 10.1. The molecule has 1 aromatic carbocycles. The summed E-state index contributed by atoms with van der Waals surface area (Å²) in [5, 5.41) is 13.1. The van der Waals surface area contributed by atoms with Crippen LogP contribution in [0.4, 0.5) is 5.69 Å². The highest BCUT2D eigenvalue weighted by molar-refractivity contribution is 5.95. The number of carbonyl (C=O) groups excluding carboxylic acids is 2. The molecule has 2 aromatic rings. The smallest absolute Gasteiger partial charge is 0.306 e. The first-order valence-electron chi connectivity index (χ1n) is 8.81. The number of aryl methyl sites for hydroxylation is 2. The number of hydrogen-bond acceptors (Lipinski definition) is 5. The van der Waals surface area contributed by atoms with Crippen molar-refractivity contribution in [3.63, 3.8) is 0 Å². The Morgan fingerprint density at radius 2 is 1.96 bits per heavy atom. The van der Waals surface area contributed by atoms with E-state index in [1.807, 2.05) is 45.2 Å². The van der Waals surface area contributed by atoms with Crippen LogP contribution in [0.25, 0.3) is 0 Å². The van der Waals surface area contributed by atoms with Gasteiger partial charge in [-0.3, -0.25) is 14.3 Å². The minimum Gasteiger partial charge on any atom is -0.456 e. The van der Waals surface area contributed by atoms with Gasteiger partial charge in [-0.1, -0.05) is 18.2 Å². The fourth-order valence-corrected chi connectivity index (χ4v) is 2.87. The summed E-state index contributed by atoms with van der Waals surface area (Å²) in [6.45, 7) is 3.77. The summed E-state index contributed by atoms with van der Waals surface area (Å²) in [4.78, 5) is 26.0. The minimum atomic E-state index is -0.431. The van der Waals surface area contributed by atoms with E-state index in [0.717, 1.165) is 17.0 Å². The van der Waals surface area contributed by atoms with Crippen molar-refractivity contribution in [2.45, 2.75) is 33.1 Å². The third kappa shape index (κ3) is 5.42. The zero-order chi connectivity index (χ0) is 19.8. The molecule has 1 aromatic heterocycles. The standard InChI is InChI=1S/C20H24N4O3/c1-15-18(16(2)23(3)22-15)10-11-20(26)27-14-19(25)24(13-7-12-21)17-8-5-4-6-9-17/h4-6,8-9H,7,10-11,13-14H2,1-3H3. The Kier molecular flexibility index (Phi) is 7.12. The van der Waals surface area contributed by atoms with Crippen LogP contribution in [0.1, 0.15) is 29.8 Å². The maximum absolute atomic E-state index is 12.5. The summed E-state index contributed by atoms with van der Waals surface area (Å²) in [6, 6.07) is 11.1. The SMILES string of the molecule is Cc1nn(C)c(C)c1CCC(=O)OCC(=O)N(CCC#N)c1ccccc1. The second-order valence-corrected chi connectivity index (χ2v) is 6.22. The largest absolute Gasteiger partial charge is 0.456 e. The molecule has 0 N–H and O–H groups in total. The van der Waals surface area contributed by atoms with Gasteiger partial charge in [0.2, 0.25) is 0 Å². The number of ether oxygens (including phenoxy) is 1. The van der Waals surface area contributed by atoms with E-state index in [-0.39, 0.29) is 31.9 Å². The van der Waals surface area contributed by atoms with E-state index in [1.165, 1.54) is 4.90 Å². The summed E-state index contributed by atoms with van der Waals surface area (Å²) >= 11 is 0. The van der Waals surface area contributed by atoms with Gasteiger partial charge in [0.15, 0.2) is 6.61 Å². The fourth-order valence-electron chi connectivity index (χ4n) is 2.87. The van der Waals surface area contributed by atoms with E-state index in [1.54, 1.807) is 16.8 Å². The molecule has 0 spiro atoms. The molecule has 0 atom stereocenters. The second kappa shape index (κ2) is 9.53. The van der Waals surface area contributed by atoms with Crippen molar-refractivity contribution in [2.75, 3.05) is 18.1 Å². The Morgan fingerprint density at radius 1 is 1.26 bits per heavy atom. The number of carbonyl (C=O) groups is 2. The van der Waals surface area contributed by atoms with Crippen LogP contribution >= 0.6 is 0 Å². The molecular formula is C20H24N4O3. The highest BCUT2D eigenvalue weighted by Gasteiger charge is 2.18. The first-order chi connectivity index (χ1) is 12.9. The molecule has 0 aliphatic rings. The summed E-state index contributed by atoms with van der Waals surface area (Å²) in [5.41, 5.74) is 3.62. The van der Waals surface area contributed by atoms with Gasteiger partial charge in [0, 0.05) is 31.4 Å². The van der Waals surface area contributed by atoms with Crippen molar-refractivity contribution >= 4 is 17.6 Å². The molecule has 27 heavy (non-hydrogen) atoms. The second-order valence-electron chi connectivity index (χ2n) is 6.22. The molecule has 7 heteroatoms. The predicted octanol–water partition coefficient (Wildman–Crippen LogP) is 2.46. The van der Waals surface area contributed by atoms with Crippen LogP contribution in [-0.4, -0.2) is 34.8 Å². The topological polar surface area (TPSA) is 88.2 Å². The fraction of sp³-hybridized carbons (Fsp3) is 0.400. The number of rotatable bonds is 8. The van der Waals surface area contributed by atoms with Crippen molar-refractivity contribution < 1.29 is 14.3 Å². The maximum Gasteiger partial charge on any atom is 0.306 e. The van der Waals surface area contributed by atoms with Crippen LogP contribution in [0.5, 0.6) is 0 Å². The Bertz CT molecular complexity index is 837. The molecule has 7 nitrogen and oxygen atoms in total. The molecule has 1 amide bonds. The van der Waals surface area contributed by atoms with E-state index < -0.39 is 5.97 Å². The van der Waals surface area contributed by atoms with E-state index in [2.05, 4.69) is 5.10 Å². The number of nitriles is 1. The van der Waals surface area contributed by atoms with Crippen molar-refractivity contribution in [2.24, 2.45) is 7.05 Å². The van der Waals surface area contributed by atoms with Crippen LogP contribution in [-0.2, 0) is 27.8 Å². The maximum atomic E-state index is 12.5. The Labute approximate surface area is 159 Å². The van der Waals surface area contributed by atoms with Crippen LogP contribution in [0.3, 0.4) is 0 Å². The average molecular weight is 368 g/mol. The van der Waals surface area contributed by atoms with Crippen LogP contribution in [0, 0.1) is 25.2 Å². The van der Waals surface area contributed by atoms with Gasteiger partial charge < -0.3 is 9.64 Å². The Balaban J connectivity index is 1.90. The lowest BCUT2D eigenvalue weighted by Gasteiger charge is -2.21. The lowest BCUT2D eigenvalue weighted by Crippen LogP contribution is -2.35. The van der Waals surface area contributed by atoms with Gasteiger partial charge in [-0.15, -0.1) is 0 Å². The highest BCUT2D eigenvalue weighted by Crippen LogP contribution is 2.16. The van der Waals surface area contributed by atoms with Gasteiger partial charge in [0.1, 0.15) is 0 Å². The van der Waals surface area contributed by atoms with Crippen molar-refractivity contribution in [3.05, 3.63) is 47.3 Å². The number of aromatic nitrogens is 2. The number of para-hydroxylation sites is 1. The normalized spacial score (nSPS) is 10.3. The number of amides is 1. The molecule has 0 bridgehead atoms. The van der Waals surface area contributed by atoms with Crippen molar-refractivity contribution in [1.82, 2.24) is 9.78 Å². The van der Waals surface area contributed by atoms with Crippen LogP contribution in [0.15, 0.2) is 30.3 Å².